The van der Waals surface area contributed by atoms with Gasteiger partial charge in [-0.1, -0.05) is 19.3 Å². The molecule has 30 heavy (non-hydrogen) atoms. The highest BCUT2D eigenvalue weighted by molar-refractivity contribution is 7.17. The highest BCUT2D eigenvalue weighted by Crippen LogP contribution is 2.39. The van der Waals surface area contributed by atoms with E-state index in [1.54, 1.807) is 12.1 Å². The minimum Gasteiger partial charge on any atom is -0.493 e. The van der Waals surface area contributed by atoms with Gasteiger partial charge in [0.05, 0.1) is 31.5 Å². The Bertz CT molecular complexity index is 1030. The van der Waals surface area contributed by atoms with Gasteiger partial charge < -0.3 is 19.5 Å². The van der Waals surface area contributed by atoms with Crippen molar-refractivity contribution in [2.45, 2.75) is 38.1 Å². The molecule has 158 valence electrons. The lowest BCUT2D eigenvalue weighted by atomic mass is 9.96. The molecule has 0 unspecified atom stereocenters. The predicted octanol–water partition coefficient (Wildman–Crippen LogP) is 4.69. The number of aromatic nitrogens is 2. The molecule has 0 aliphatic heterocycles. The van der Waals surface area contributed by atoms with E-state index in [1.165, 1.54) is 51.9 Å². The van der Waals surface area contributed by atoms with E-state index < -0.39 is 0 Å². The van der Waals surface area contributed by atoms with Crippen LogP contribution in [-0.4, -0.2) is 43.1 Å². The van der Waals surface area contributed by atoms with Gasteiger partial charge in [0.2, 0.25) is 17.5 Å². The van der Waals surface area contributed by atoms with Crippen LogP contribution in [0.2, 0.25) is 0 Å². The summed E-state index contributed by atoms with van der Waals surface area (Å²) in [4.78, 5) is 22.7. The van der Waals surface area contributed by atoms with E-state index >= 15 is 0 Å². The fourth-order valence-electron chi connectivity index (χ4n) is 3.86. The number of thiophene rings is 1. The summed E-state index contributed by atoms with van der Waals surface area (Å²) in [5, 5.41) is 5.36. The fraction of sp³-hybridized carbons (Fsp3) is 0.409. The molecule has 0 bridgehead atoms. The molecule has 3 aromatic rings. The predicted molar refractivity (Wildman–Crippen MR) is 117 cm³/mol. The zero-order chi connectivity index (χ0) is 21.1. The van der Waals surface area contributed by atoms with Crippen LogP contribution in [0.5, 0.6) is 17.2 Å². The molecule has 7 nitrogen and oxygen atoms in total. The molecule has 8 heteroatoms. The topological polar surface area (TPSA) is 82.6 Å². The molecule has 0 spiro atoms. The van der Waals surface area contributed by atoms with E-state index in [9.17, 15) is 4.79 Å². The standard InChI is InChI=1S/C22H25N3O4S/c1-27-16-11-13(12-17(28-2)20(16)29-3)19(26)18-21-15(9-10-30-21)24-22(25-18)23-14-7-5-4-6-8-14/h9-12,14H,4-8H2,1-3H3,(H,23,24,25). The number of hydrogen-bond donors (Lipinski definition) is 1. The second-order valence-electron chi connectivity index (χ2n) is 7.25. The summed E-state index contributed by atoms with van der Waals surface area (Å²) in [5.41, 5.74) is 1.56. The maximum atomic E-state index is 13.5. The lowest BCUT2D eigenvalue weighted by molar-refractivity contribution is 0.103. The quantitative estimate of drug-likeness (QED) is 0.548. The molecular weight excluding hydrogens is 402 g/mol. The average molecular weight is 428 g/mol. The van der Waals surface area contributed by atoms with E-state index in [0.717, 1.165) is 23.1 Å². The summed E-state index contributed by atoms with van der Waals surface area (Å²) in [7, 11) is 4.59. The van der Waals surface area contributed by atoms with Gasteiger partial charge in [-0.05, 0) is 36.4 Å². The number of anilines is 1. The minimum atomic E-state index is -0.212. The Morgan fingerprint density at radius 1 is 1.03 bits per heavy atom. The first kappa shape index (κ1) is 20.4. The summed E-state index contributed by atoms with van der Waals surface area (Å²) in [6.07, 6.45) is 5.88. The molecular formula is C22H25N3O4S. The molecule has 1 aliphatic rings. The molecule has 2 aromatic heterocycles. The summed E-state index contributed by atoms with van der Waals surface area (Å²) in [6, 6.07) is 5.57. The second-order valence-corrected chi connectivity index (χ2v) is 8.17. The van der Waals surface area contributed by atoms with Gasteiger partial charge in [0.25, 0.3) is 0 Å². The Balaban J connectivity index is 1.75. The van der Waals surface area contributed by atoms with Crippen molar-refractivity contribution in [3.63, 3.8) is 0 Å². The lowest BCUT2D eigenvalue weighted by Gasteiger charge is -2.22. The first-order chi connectivity index (χ1) is 14.6. The zero-order valence-corrected chi connectivity index (χ0v) is 18.2. The fourth-order valence-corrected chi connectivity index (χ4v) is 4.68. The van der Waals surface area contributed by atoms with Gasteiger partial charge in [0, 0.05) is 11.6 Å². The number of methoxy groups -OCH3 is 3. The number of nitrogens with zero attached hydrogens (tertiary/aromatic N) is 2. The number of benzene rings is 1. The summed E-state index contributed by atoms with van der Waals surface area (Å²) >= 11 is 1.46. The van der Waals surface area contributed by atoms with E-state index in [4.69, 9.17) is 14.2 Å². The molecule has 1 aromatic carbocycles. The van der Waals surface area contributed by atoms with Crippen molar-refractivity contribution in [3.8, 4) is 17.2 Å². The molecule has 0 amide bonds. The van der Waals surface area contributed by atoms with Crippen molar-refractivity contribution < 1.29 is 19.0 Å². The van der Waals surface area contributed by atoms with Crippen LogP contribution in [-0.2, 0) is 0 Å². The van der Waals surface area contributed by atoms with Gasteiger partial charge in [0.15, 0.2) is 11.5 Å². The van der Waals surface area contributed by atoms with Crippen LogP contribution in [0.25, 0.3) is 10.2 Å². The van der Waals surface area contributed by atoms with E-state index in [1.807, 2.05) is 11.4 Å². The molecule has 0 saturated heterocycles. The Labute approximate surface area is 179 Å². The highest BCUT2D eigenvalue weighted by Gasteiger charge is 2.23. The Hall–Kier alpha value is -2.87. The van der Waals surface area contributed by atoms with Crippen molar-refractivity contribution in [3.05, 3.63) is 34.8 Å². The van der Waals surface area contributed by atoms with E-state index in [0.29, 0.717) is 40.5 Å². The van der Waals surface area contributed by atoms with Crippen LogP contribution in [0.1, 0.15) is 48.2 Å². The maximum absolute atomic E-state index is 13.5. The lowest BCUT2D eigenvalue weighted by Crippen LogP contribution is -2.24. The third-order valence-electron chi connectivity index (χ3n) is 5.38. The molecule has 0 atom stereocenters. The van der Waals surface area contributed by atoms with Crippen molar-refractivity contribution >= 4 is 33.3 Å². The first-order valence-electron chi connectivity index (χ1n) is 10.0. The van der Waals surface area contributed by atoms with Gasteiger partial charge in [-0.3, -0.25) is 4.79 Å². The maximum Gasteiger partial charge on any atom is 0.224 e. The Morgan fingerprint density at radius 3 is 2.37 bits per heavy atom. The first-order valence-corrected chi connectivity index (χ1v) is 10.9. The third-order valence-corrected chi connectivity index (χ3v) is 6.29. The number of carbonyl (C=O) groups excluding carboxylic acids is 1. The number of rotatable bonds is 7. The Kier molecular flexibility index (Phi) is 6.03. The number of ketones is 1. The van der Waals surface area contributed by atoms with E-state index in [2.05, 4.69) is 15.3 Å². The average Bonchev–Trinajstić information content (AvgIpc) is 3.26. The monoisotopic (exact) mass is 427 g/mol. The second kappa shape index (κ2) is 8.87. The minimum absolute atomic E-state index is 0.212. The van der Waals surface area contributed by atoms with E-state index in [-0.39, 0.29) is 5.78 Å². The smallest absolute Gasteiger partial charge is 0.224 e. The summed E-state index contributed by atoms with van der Waals surface area (Å²) in [5.74, 6) is 1.59. The van der Waals surface area contributed by atoms with Crippen molar-refractivity contribution in [1.29, 1.82) is 0 Å². The molecule has 4 rings (SSSR count). The van der Waals surface area contributed by atoms with Gasteiger partial charge in [-0.25, -0.2) is 9.97 Å². The zero-order valence-electron chi connectivity index (χ0n) is 17.4. The summed E-state index contributed by atoms with van der Waals surface area (Å²) in [6.45, 7) is 0. The van der Waals surface area contributed by atoms with Gasteiger partial charge in [-0.2, -0.15) is 0 Å². The van der Waals surface area contributed by atoms with Crippen LogP contribution < -0.4 is 19.5 Å². The van der Waals surface area contributed by atoms with Crippen molar-refractivity contribution in [2.24, 2.45) is 0 Å². The summed E-state index contributed by atoms with van der Waals surface area (Å²) < 4.78 is 16.9. The van der Waals surface area contributed by atoms with Crippen LogP contribution in [0.15, 0.2) is 23.6 Å². The van der Waals surface area contributed by atoms with Gasteiger partial charge in [0.1, 0.15) is 5.69 Å². The number of nitrogens with one attached hydrogen (secondary N) is 1. The molecule has 2 heterocycles. The van der Waals surface area contributed by atoms with Crippen LogP contribution >= 0.6 is 11.3 Å². The van der Waals surface area contributed by atoms with Gasteiger partial charge in [-0.15, -0.1) is 11.3 Å². The molecule has 1 fully saturated rings. The van der Waals surface area contributed by atoms with Crippen molar-refractivity contribution in [1.82, 2.24) is 9.97 Å². The molecule has 1 aliphatic carbocycles. The van der Waals surface area contributed by atoms with Crippen LogP contribution in [0, 0.1) is 0 Å². The molecule has 1 N–H and O–H groups in total. The number of ether oxygens (including phenoxy) is 3. The Morgan fingerprint density at radius 2 is 1.73 bits per heavy atom. The van der Waals surface area contributed by atoms with Crippen molar-refractivity contribution in [2.75, 3.05) is 26.6 Å². The normalized spacial score (nSPS) is 14.5. The number of carbonyl (C=O) groups is 1. The molecule has 1 saturated carbocycles. The number of hydrogen-bond acceptors (Lipinski definition) is 8. The number of fused-ring (bicyclic) bond motifs is 1. The van der Waals surface area contributed by atoms with Gasteiger partial charge >= 0.3 is 0 Å². The largest absolute Gasteiger partial charge is 0.493 e. The highest BCUT2D eigenvalue weighted by atomic mass is 32.1. The SMILES string of the molecule is COc1cc(C(=O)c2nc(NC3CCCCC3)nc3ccsc23)cc(OC)c1OC. The van der Waals surface area contributed by atoms with Crippen LogP contribution in [0.4, 0.5) is 5.95 Å². The molecule has 0 radical (unpaired) electrons. The third kappa shape index (κ3) is 3.92. The van der Waals surface area contributed by atoms with Crippen LogP contribution in [0.3, 0.4) is 0 Å².